The Morgan fingerprint density at radius 3 is 2.84 bits per heavy atom. The number of nitrogens with one attached hydrogen (secondary N) is 1. The minimum absolute atomic E-state index is 0.389. The van der Waals surface area contributed by atoms with Crippen LogP contribution in [0, 0.1) is 0 Å². The molecule has 0 radical (unpaired) electrons. The van der Waals surface area contributed by atoms with Crippen LogP contribution in [0.5, 0.6) is 0 Å². The molecule has 5 heteroatoms. The van der Waals surface area contributed by atoms with Gasteiger partial charge in [0.15, 0.2) is 0 Å². The van der Waals surface area contributed by atoms with Crippen molar-refractivity contribution in [1.82, 2.24) is 10.2 Å². The number of aliphatic hydroxyl groups excluding tert-OH is 1. The fourth-order valence-corrected chi connectivity index (χ4v) is 2.05. The first-order chi connectivity index (χ1) is 9.33. The third kappa shape index (κ3) is 9.35. The van der Waals surface area contributed by atoms with E-state index in [9.17, 15) is 5.11 Å². The lowest BCUT2D eigenvalue weighted by molar-refractivity contribution is 0.0334. The Kier molecular flexibility index (Phi) is 10.3. The quantitative estimate of drug-likeness (QED) is 0.537. The summed E-state index contributed by atoms with van der Waals surface area (Å²) in [6.07, 6.45) is 2.93. The molecule has 1 heterocycles. The Hall–Kier alpha value is -0.200. The van der Waals surface area contributed by atoms with Crippen LogP contribution in [0.25, 0.3) is 0 Å². The summed E-state index contributed by atoms with van der Waals surface area (Å²) in [5, 5.41) is 13.0. The van der Waals surface area contributed by atoms with Crippen molar-refractivity contribution in [3.05, 3.63) is 0 Å². The van der Waals surface area contributed by atoms with Gasteiger partial charge in [-0.1, -0.05) is 13.3 Å². The highest BCUT2D eigenvalue weighted by molar-refractivity contribution is 4.63. The average molecular weight is 274 g/mol. The van der Waals surface area contributed by atoms with Crippen LogP contribution in [-0.2, 0) is 9.47 Å². The molecule has 0 amide bonds. The first-order valence-electron chi connectivity index (χ1n) is 7.59. The predicted molar refractivity (Wildman–Crippen MR) is 76.5 cm³/mol. The molecule has 1 aliphatic rings. The highest BCUT2D eigenvalue weighted by atomic mass is 16.5. The molecule has 0 aliphatic carbocycles. The predicted octanol–water partition coefficient (Wildman–Crippen LogP) is 0.476. The third-order valence-corrected chi connectivity index (χ3v) is 3.26. The molecule has 0 aromatic heterocycles. The number of aliphatic hydroxyl groups is 1. The molecule has 0 aromatic rings. The summed E-state index contributed by atoms with van der Waals surface area (Å²) in [5.41, 5.74) is 0. The zero-order chi connectivity index (χ0) is 13.8. The van der Waals surface area contributed by atoms with Gasteiger partial charge in [0.2, 0.25) is 0 Å². The minimum Gasteiger partial charge on any atom is -0.389 e. The van der Waals surface area contributed by atoms with Crippen molar-refractivity contribution < 1.29 is 14.6 Å². The monoisotopic (exact) mass is 274 g/mol. The van der Waals surface area contributed by atoms with Crippen molar-refractivity contribution >= 4 is 0 Å². The largest absolute Gasteiger partial charge is 0.389 e. The highest BCUT2D eigenvalue weighted by Crippen LogP contribution is 1.97. The van der Waals surface area contributed by atoms with E-state index in [0.29, 0.717) is 13.2 Å². The van der Waals surface area contributed by atoms with Crippen LogP contribution in [0.1, 0.15) is 26.2 Å². The second-order valence-electron chi connectivity index (χ2n) is 5.09. The van der Waals surface area contributed by atoms with Crippen molar-refractivity contribution in [3.63, 3.8) is 0 Å². The first-order valence-corrected chi connectivity index (χ1v) is 7.59. The molecule has 1 atom stereocenters. The van der Waals surface area contributed by atoms with Gasteiger partial charge in [-0.05, 0) is 25.9 Å². The summed E-state index contributed by atoms with van der Waals surface area (Å²) in [6.45, 7) is 9.83. The van der Waals surface area contributed by atoms with E-state index in [-0.39, 0.29) is 6.10 Å². The molecule has 1 fully saturated rings. The Morgan fingerprint density at radius 1 is 1.32 bits per heavy atom. The fourth-order valence-electron chi connectivity index (χ4n) is 2.05. The van der Waals surface area contributed by atoms with Gasteiger partial charge in [-0.3, -0.25) is 4.90 Å². The number of ether oxygens (including phenoxy) is 2. The number of morpholine rings is 1. The van der Waals surface area contributed by atoms with E-state index >= 15 is 0 Å². The standard InChI is InChI=1S/C14H30N2O3/c1-2-3-9-19-13-14(17)12-15-5-4-6-16-7-10-18-11-8-16/h14-15,17H,2-13H2,1H3. The van der Waals surface area contributed by atoms with Gasteiger partial charge in [0.05, 0.1) is 25.9 Å². The van der Waals surface area contributed by atoms with Crippen molar-refractivity contribution in [3.8, 4) is 0 Å². The number of rotatable bonds is 11. The second kappa shape index (κ2) is 11.6. The Labute approximate surface area is 117 Å². The summed E-state index contributed by atoms with van der Waals surface area (Å²) < 4.78 is 10.7. The molecule has 1 aliphatic heterocycles. The van der Waals surface area contributed by atoms with E-state index in [0.717, 1.165) is 65.3 Å². The SMILES string of the molecule is CCCCOCC(O)CNCCCN1CCOCC1. The maximum absolute atomic E-state index is 9.68. The van der Waals surface area contributed by atoms with Gasteiger partial charge in [-0.15, -0.1) is 0 Å². The summed E-state index contributed by atoms with van der Waals surface area (Å²) in [6, 6.07) is 0. The summed E-state index contributed by atoms with van der Waals surface area (Å²) in [4.78, 5) is 2.43. The lowest BCUT2D eigenvalue weighted by Crippen LogP contribution is -2.38. The second-order valence-corrected chi connectivity index (χ2v) is 5.09. The van der Waals surface area contributed by atoms with Crippen LogP contribution in [0.2, 0.25) is 0 Å². The van der Waals surface area contributed by atoms with Gasteiger partial charge in [-0.25, -0.2) is 0 Å². The molecule has 1 rings (SSSR count). The maximum Gasteiger partial charge on any atom is 0.0897 e. The van der Waals surface area contributed by atoms with Gasteiger partial charge in [0.1, 0.15) is 0 Å². The van der Waals surface area contributed by atoms with Crippen molar-refractivity contribution in [2.24, 2.45) is 0 Å². The van der Waals surface area contributed by atoms with Crippen LogP contribution >= 0.6 is 0 Å². The average Bonchev–Trinajstić information content (AvgIpc) is 2.44. The maximum atomic E-state index is 9.68. The van der Waals surface area contributed by atoms with Gasteiger partial charge >= 0.3 is 0 Å². The molecular weight excluding hydrogens is 244 g/mol. The Morgan fingerprint density at radius 2 is 2.11 bits per heavy atom. The van der Waals surface area contributed by atoms with E-state index < -0.39 is 0 Å². The molecule has 0 spiro atoms. The molecule has 1 unspecified atom stereocenters. The van der Waals surface area contributed by atoms with E-state index in [1.807, 2.05) is 0 Å². The van der Waals surface area contributed by atoms with Gasteiger partial charge < -0.3 is 19.9 Å². The minimum atomic E-state index is -0.389. The van der Waals surface area contributed by atoms with Gasteiger partial charge in [0, 0.05) is 26.2 Å². The molecule has 5 nitrogen and oxygen atoms in total. The van der Waals surface area contributed by atoms with Gasteiger partial charge in [0.25, 0.3) is 0 Å². The lowest BCUT2D eigenvalue weighted by Gasteiger charge is -2.26. The molecule has 1 saturated heterocycles. The number of unbranched alkanes of at least 4 members (excludes halogenated alkanes) is 1. The van der Waals surface area contributed by atoms with Crippen LogP contribution in [-0.4, -0.2) is 75.3 Å². The summed E-state index contributed by atoms with van der Waals surface area (Å²) in [5.74, 6) is 0. The molecule has 0 saturated carbocycles. The van der Waals surface area contributed by atoms with Crippen LogP contribution in [0.3, 0.4) is 0 Å². The van der Waals surface area contributed by atoms with E-state index in [1.165, 1.54) is 0 Å². The normalized spacial score (nSPS) is 18.6. The number of hydrogen-bond acceptors (Lipinski definition) is 5. The number of nitrogens with zero attached hydrogens (tertiary/aromatic N) is 1. The van der Waals surface area contributed by atoms with Crippen molar-refractivity contribution in [1.29, 1.82) is 0 Å². The zero-order valence-corrected chi connectivity index (χ0v) is 12.3. The Balaban J connectivity index is 1.83. The van der Waals surface area contributed by atoms with Crippen LogP contribution in [0.15, 0.2) is 0 Å². The third-order valence-electron chi connectivity index (χ3n) is 3.26. The molecule has 2 N–H and O–H groups in total. The molecule has 0 bridgehead atoms. The van der Waals surface area contributed by atoms with Crippen molar-refractivity contribution in [2.45, 2.75) is 32.3 Å². The molecular formula is C14H30N2O3. The van der Waals surface area contributed by atoms with Crippen LogP contribution < -0.4 is 5.32 Å². The fraction of sp³-hybridized carbons (Fsp3) is 1.00. The van der Waals surface area contributed by atoms with Crippen molar-refractivity contribution in [2.75, 3.05) is 59.2 Å². The number of hydrogen-bond donors (Lipinski definition) is 2. The highest BCUT2D eigenvalue weighted by Gasteiger charge is 2.09. The van der Waals surface area contributed by atoms with Crippen LogP contribution in [0.4, 0.5) is 0 Å². The van der Waals surface area contributed by atoms with E-state index in [2.05, 4.69) is 17.1 Å². The molecule has 114 valence electrons. The summed E-state index contributed by atoms with van der Waals surface area (Å²) in [7, 11) is 0. The topological polar surface area (TPSA) is 54.0 Å². The zero-order valence-electron chi connectivity index (χ0n) is 12.3. The lowest BCUT2D eigenvalue weighted by atomic mass is 10.3. The Bertz CT molecular complexity index is 199. The molecule has 0 aromatic carbocycles. The van der Waals surface area contributed by atoms with Gasteiger partial charge in [-0.2, -0.15) is 0 Å². The summed E-state index contributed by atoms with van der Waals surface area (Å²) >= 11 is 0. The van der Waals surface area contributed by atoms with E-state index in [4.69, 9.17) is 9.47 Å². The smallest absolute Gasteiger partial charge is 0.0897 e. The first kappa shape index (κ1) is 16.9. The van der Waals surface area contributed by atoms with E-state index in [1.54, 1.807) is 0 Å². The molecule has 19 heavy (non-hydrogen) atoms.